The van der Waals surface area contributed by atoms with Crippen molar-refractivity contribution in [1.82, 2.24) is 4.57 Å². The standard InChI is InChI=1S/C19H21NO2/c1-3-19(2)13-21-18(22-19)12-20-16-10-6-4-8-14(16)15-9-5-7-11-17(15)20/h4-11,18H,3,12-13H2,1-2H3/t18-,19+/m1/s1. The van der Waals surface area contributed by atoms with E-state index in [0.717, 1.165) is 13.0 Å². The second kappa shape index (κ2) is 5.11. The average Bonchev–Trinajstić information content (AvgIpc) is 3.09. The molecule has 0 unspecified atom stereocenters. The number of hydrogen-bond acceptors (Lipinski definition) is 2. The SMILES string of the molecule is CC[C@@]1(C)CO[C@@H](Cn2c3ccccc3c3ccccc32)O1. The Balaban J connectivity index is 1.77. The van der Waals surface area contributed by atoms with Crippen LogP contribution in [0.1, 0.15) is 20.3 Å². The van der Waals surface area contributed by atoms with E-state index in [9.17, 15) is 0 Å². The number of benzene rings is 2. The Hall–Kier alpha value is -1.84. The lowest BCUT2D eigenvalue weighted by atomic mass is 10.1. The Bertz CT molecular complexity index is 769. The molecule has 3 aromatic rings. The van der Waals surface area contributed by atoms with Gasteiger partial charge in [0.15, 0.2) is 6.29 Å². The minimum atomic E-state index is -0.177. The molecule has 1 aliphatic heterocycles. The van der Waals surface area contributed by atoms with E-state index in [0.29, 0.717) is 6.61 Å². The summed E-state index contributed by atoms with van der Waals surface area (Å²) in [5.41, 5.74) is 2.32. The fourth-order valence-corrected chi connectivity index (χ4v) is 3.28. The van der Waals surface area contributed by atoms with Gasteiger partial charge >= 0.3 is 0 Å². The lowest BCUT2D eigenvalue weighted by molar-refractivity contribution is -0.0916. The molecule has 0 bridgehead atoms. The molecule has 22 heavy (non-hydrogen) atoms. The Morgan fingerprint density at radius 3 is 2.18 bits per heavy atom. The van der Waals surface area contributed by atoms with E-state index in [1.54, 1.807) is 0 Å². The smallest absolute Gasteiger partial charge is 0.176 e. The van der Waals surface area contributed by atoms with Gasteiger partial charge in [-0.05, 0) is 25.5 Å². The number of nitrogens with zero attached hydrogens (tertiary/aromatic N) is 1. The van der Waals surface area contributed by atoms with Crippen molar-refractivity contribution >= 4 is 21.8 Å². The quantitative estimate of drug-likeness (QED) is 0.717. The predicted molar refractivity (Wildman–Crippen MR) is 89.0 cm³/mol. The van der Waals surface area contributed by atoms with Gasteiger partial charge in [-0.2, -0.15) is 0 Å². The highest BCUT2D eigenvalue weighted by Gasteiger charge is 2.35. The van der Waals surface area contributed by atoms with Crippen LogP contribution < -0.4 is 0 Å². The molecule has 1 saturated heterocycles. The summed E-state index contributed by atoms with van der Waals surface area (Å²) in [5.74, 6) is 0. The summed E-state index contributed by atoms with van der Waals surface area (Å²) in [5, 5.41) is 2.57. The summed E-state index contributed by atoms with van der Waals surface area (Å²) in [7, 11) is 0. The van der Waals surface area contributed by atoms with Gasteiger partial charge in [0.2, 0.25) is 0 Å². The van der Waals surface area contributed by atoms with Crippen molar-refractivity contribution in [2.45, 2.75) is 38.7 Å². The molecule has 1 aliphatic rings. The molecule has 0 aliphatic carbocycles. The maximum atomic E-state index is 6.13. The predicted octanol–water partition coefficient (Wildman–Crippen LogP) is 4.34. The molecule has 114 valence electrons. The van der Waals surface area contributed by atoms with Crippen molar-refractivity contribution in [3.05, 3.63) is 48.5 Å². The fraction of sp³-hybridized carbons (Fsp3) is 0.368. The maximum absolute atomic E-state index is 6.13. The van der Waals surface area contributed by atoms with Crippen molar-refractivity contribution < 1.29 is 9.47 Å². The Labute approximate surface area is 130 Å². The molecule has 0 radical (unpaired) electrons. The third-order valence-corrected chi connectivity index (χ3v) is 4.75. The Morgan fingerprint density at radius 2 is 1.64 bits per heavy atom. The summed E-state index contributed by atoms with van der Waals surface area (Å²) in [6.07, 6.45) is 0.792. The first-order valence-electron chi connectivity index (χ1n) is 7.95. The van der Waals surface area contributed by atoms with Crippen LogP contribution in [0.25, 0.3) is 21.8 Å². The van der Waals surface area contributed by atoms with Crippen LogP contribution in [0.15, 0.2) is 48.5 Å². The van der Waals surface area contributed by atoms with Gasteiger partial charge in [0.05, 0.1) is 18.8 Å². The van der Waals surface area contributed by atoms with Gasteiger partial charge in [-0.1, -0.05) is 43.3 Å². The van der Waals surface area contributed by atoms with Crippen LogP contribution in [0, 0.1) is 0 Å². The van der Waals surface area contributed by atoms with E-state index in [4.69, 9.17) is 9.47 Å². The van der Waals surface area contributed by atoms with Gasteiger partial charge in [0, 0.05) is 21.8 Å². The lowest BCUT2D eigenvalue weighted by Gasteiger charge is -2.20. The van der Waals surface area contributed by atoms with Gasteiger partial charge in [0.25, 0.3) is 0 Å². The molecular formula is C19H21NO2. The van der Waals surface area contributed by atoms with Gasteiger partial charge in [0.1, 0.15) is 0 Å². The molecule has 0 saturated carbocycles. The Morgan fingerprint density at radius 1 is 1.05 bits per heavy atom. The van der Waals surface area contributed by atoms with E-state index < -0.39 is 0 Å². The summed E-state index contributed by atoms with van der Waals surface area (Å²) in [6, 6.07) is 17.1. The van der Waals surface area contributed by atoms with Crippen LogP contribution in [0.3, 0.4) is 0 Å². The number of ether oxygens (including phenoxy) is 2. The third kappa shape index (κ3) is 2.13. The molecule has 0 spiro atoms. The highest BCUT2D eigenvalue weighted by Crippen LogP contribution is 2.32. The first-order chi connectivity index (χ1) is 10.7. The zero-order chi connectivity index (χ0) is 15.2. The fourth-order valence-electron chi connectivity index (χ4n) is 3.28. The van der Waals surface area contributed by atoms with Crippen LogP contribution in [0.2, 0.25) is 0 Å². The van der Waals surface area contributed by atoms with Crippen LogP contribution in [-0.2, 0) is 16.0 Å². The summed E-state index contributed by atoms with van der Waals surface area (Å²) in [6.45, 7) is 5.67. The first-order valence-corrected chi connectivity index (χ1v) is 7.95. The molecule has 2 heterocycles. The first kappa shape index (κ1) is 13.8. The number of para-hydroxylation sites is 2. The average molecular weight is 295 g/mol. The van der Waals surface area contributed by atoms with Crippen molar-refractivity contribution in [1.29, 1.82) is 0 Å². The topological polar surface area (TPSA) is 23.4 Å². The molecule has 1 fully saturated rings. The van der Waals surface area contributed by atoms with E-state index in [1.807, 2.05) is 0 Å². The summed E-state index contributed by atoms with van der Waals surface area (Å²) < 4.78 is 14.3. The van der Waals surface area contributed by atoms with E-state index >= 15 is 0 Å². The maximum Gasteiger partial charge on any atom is 0.176 e. The van der Waals surface area contributed by atoms with Crippen LogP contribution >= 0.6 is 0 Å². The zero-order valence-corrected chi connectivity index (χ0v) is 13.1. The largest absolute Gasteiger partial charge is 0.348 e. The zero-order valence-electron chi connectivity index (χ0n) is 13.1. The highest BCUT2D eigenvalue weighted by molar-refractivity contribution is 6.07. The molecule has 3 nitrogen and oxygen atoms in total. The molecule has 2 aromatic carbocycles. The van der Waals surface area contributed by atoms with Crippen molar-refractivity contribution in [3.8, 4) is 0 Å². The number of hydrogen-bond donors (Lipinski definition) is 0. The van der Waals surface area contributed by atoms with Crippen LogP contribution in [0.4, 0.5) is 0 Å². The molecule has 0 N–H and O–H groups in total. The minimum Gasteiger partial charge on any atom is -0.348 e. The van der Waals surface area contributed by atoms with Crippen molar-refractivity contribution in [2.24, 2.45) is 0 Å². The summed E-state index contributed by atoms with van der Waals surface area (Å²) in [4.78, 5) is 0. The number of fused-ring (bicyclic) bond motifs is 3. The minimum absolute atomic E-state index is 0.149. The highest BCUT2D eigenvalue weighted by atomic mass is 16.7. The normalized spacial score (nSPS) is 25.3. The van der Waals surface area contributed by atoms with Crippen LogP contribution in [0.5, 0.6) is 0 Å². The second-order valence-electron chi connectivity index (χ2n) is 6.31. The van der Waals surface area contributed by atoms with Crippen LogP contribution in [-0.4, -0.2) is 23.1 Å². The molecule has 0 amide bonds. The summed E-state index contributed by atoms with van der Waals surface area (Å²) >= 11 is 0. The van der Waals surface area contributed by atoms with E-state index in [1.165, 1.54) is 21.8 Å². The Kier molecular flexibility index (Phi) is 3.21. The van der Waals surface area contributed by atoms with Gasteiger partial charge in [-0.25, -0.2) is 0 Å². The monoisotopic (exact) mass is 295 g/mol. The van der Waals surface area contributed by atoms with Gasteiger partial charge in [-0.3, -0.25) is 0 Å². The van der Waals surface area contributed by atoms with Gasteiger partial charge in [-0.15, -0.1) is 0 Å². The second-order valence-corrected chi connectivity index (χ2v) is 6.31. The molecule has 2 atom stereocenters. The molecule has 1 aromatic heterocycles. The van der Waals surface area contributed by atoms with E-state index in [2.05, 4.69) is 66.9 Å². The number of rotatable bonds is 3. The number of aromatic nitrogens is 1. The van der Waals surface area contributed by atoms with E-state index in [-0.39, 0.29) is 11.9 Å². The third-order valence-electron chi connectivity index (χ3n) is 4.75. The molecular weight excluding hydrogens is 274 g/mol. The molecule has 4 rings (SSSR count). The molecule has 3 heteroatoms. The lowest BCUT2D eigenvalue weighted by Crippen LogP contribution is -2.27. The van der Waals surface area contributed by atoms with Crippen molar-refractivity contribution in [3.63, 3.8) is 0 Å². The van der Waals surface area contributed by atoms with Crippen molar-refractivity contribution in [2.75, 3.05) is 6.61 Å². The van der Waals surface area contributed by atoms with Gasteiger partial charge < -0.3 is 14.0 Å².